The van der Waals surface area contributed by atoms with E-state index >= 15 is 0 Å². The quantitative estimate of drug-likeness (QED) is 0.216. The number of fused-ring (bicyclic) bond motifs is 1. The number of pyridine rings is 2. The van der Waals surface area contributed by atoms with Crippen molar-refractivity contribution in [3.63, 3.8) is 0 Å². The monoisotopic (exact) mass is 564 g/mol. The number of oxazole rings is 1. The predicted octanol–water partition coefficient (Wildman–Crippen LogP) is 6.43. The van der Waals surface area contributed by atoms with Gasteiger partial charge in [-0.15, -0.1) is 0 Å². The van der Waals surface area contributed by atoms with Gasteiger partial charge in [-0.2, -0.15) is 5.10 Å². The molecule has 0 bridgehead atoms. The third kappa shape index (κ3) is 5.57. The average molecular weight is 565 g/mol. The molecule has 0 aliphatic carbocycles. The molecule has 7 aromatic rings. The Kier molecular flexibility index (Phi) is 6.82. The molecule has 0 atom stereocenters. The molecule has 5 heterocycles. The molecule has 10 nitrogen and oxygen atoms in total. The third-order valence-electron chi connectivity index (χ3n) is 6.77. The van der Waals surface area contributed by atoms with E-state index in [0.29, 0.717) is 28.8 Å². The highest BCUT2D eigenvalue weighted by Gasteiger charge is 2.19. The molecule has 0 unspecified atom stereocenters. The van der Waals surface area contributed by atoms with E-state index in [0.717, 1.165) is 33.6 Å². The van der Waals surface area contributed by atoms with E-state index in [4.69, 9.17) is 14.5 Å². The minimum Gasteiger partial charge on any atom is -0.444 e. The van der Waals surface area contributed by atoms with E-state index in [2.05, 4.69) is 25.6 Å². The van der Waals surface area contributed by atoms with Gasteiger partial charge in [-0.1, -0.05) is 36.4 Å². The molecule has 2 aromatic carbocycles. The van der Waals surface area contributed by atoms with Crippen LogP contribution in [0.15, 0.2) is 127 Å². The number of nitrogens with one attached hydrogen (secondary N) is 2. The van der Waals surface area contributed by atoms with Gasteiger partial charge < -0.3 is 15.1 Å². The molecule has 0 spiro atoms. The Morgan fingerprint density at radius 3 is 2.56 bits per heavy atom. The number of hydrogen-bond acceptors (Lipinski definition) is 8. The summed E-state index contributed by atoms with van der Waals surface area (Å²) in [6.07, 6.45) is 8.55. The Morgan fingerprint density at radius 1 is 0.837 bits per heavy atom. The van der Waals surface area contributed by atoms with Gasteiger partial charge in [0, 0.05) is 46.8 Å². The molecule has 0 aliphatic rings. The maximum absolute atomic E-state index is 12.7. The normalized spacial score (nSPS) is 11.0. The number of anilines is 3. The van der Waals surface area contributed by atoms with Gasteiger partial charge in [0.25, 0.3) is 0 Å². The highest BCUT2D eigenvalue weighted by molar-refractivity contribution is 5.95. The van der Waals surface area contributed by atoms with E-state index in [1.807, 2.05) is 102 Å². The van der Waals surface area contributed by atoms with Crippen LogP contribution in [0.25, 0.3) is 39.4 Å². The number of nitrogens with zero attached hydrogens (tertiary/aromatic N) is 6. The molecular weight excluding hydrogens is 540 g/mol. The SMILES string of the molecule is O=C(Cc1ccccn1)Nc1cccc(-c2nn3ccccc3c2-c2ccnc(Nc3cccc(-c4cnco4)c3)n2)c1. The first kappa shape index (κ1) is 25.8. The lowest BCUT2D eigenvalue weighted by Crippen LogP contribution is -2.15. The molecule has 43 heavy (non-hydrogen) atoms. The molecule has 5 aromatic heterocycles. The molecule has 10 heteroatoms. The van der Waals surface area contributed by atoms with Crippen LogP contribution in [0.2, 0.25) is 0 Å². The third-order valence-corrected chi connectivity index (χ3v) is 6.77. The summed E-state index contributed by atoms with van der Waals surface area (Å²) in [4.78, 5) is 30.3. The van der Waals surface area contributed by atoms with Gasteiger partial charge >= 0.3 is 0 Å². The van der Waals surface area contributed by atoms with Crippen molar-refractivity contribution in [2.24, 2.45) is 0 Å². The molecule has 0 saturated carbocycles. The predicted molar refractivity (Wildman–Crippen MR) is 163 cm³/mol. The zero-order chi connectivity index (χ0) is 29.0. The number of aromatic nitrogens is 6. The molecule has 1 amide bonds. The van der Waals surface area contributed by atoms with Crippen molar-refractivity contribution in [2.75, 3.05) is 10.6 Å². The van der Waals surface area contributed by atoms with Gasteiger partial charge in [-0.05, 0) is 54.6 Å². The van der Waals surface area contributed by atoms with Crippen LogP contribution >= 0.6 is 0 Å². The second kappa shape index (κ2) is 11.4. The summed E-state index contributed by atoms with van der Waals surface area (Å²) in [6, 6.07) is 28.7. The Bertz CT molecular complexity index is 2040. The van der Waals surface area contributed by atoms with E-state index in [9.17, 15) is 4.79 Å². The first-order valence-electron chi connectivity index (χ1n) is 13.6. The highest BCUT2D eigenvalue weighted by Crippen LogP contribution is 2.35. The van der Waals surface area contributed by atoms with Gasteiger partial charge in [0.2, 0.25) is 11.9 Å². The fourth-order valence-electron chi connectivity index (χ4n) is 4.87. The molecule has 0 aliphatic heterocycles. The second-order valence-electron chi connectivity index (χ2n) is 9.72. The molecule has 7 rings (SSSR count). The number of rotatable bonds is 8. The van der Waals surface area contributed by atoms with Crippen LogP contribution in [0.3, 0.4) is 0 Å². The molecule has 0 saturated heterocycles. The maximum atomic E-state index is 12.7. The van der Waals surface area contributed by atoms with Crippen molar-refractivity contribution in [1.82, 2.24) is 29.5 Å². The first-order chi connectivity index (χ1) is 21.2. The standard InChI is InChI=1S/C33H24N8O2/c42-30(19-24-9-1-3-14-35-24)37-25-10-6-8-23(18-25)32-31(28-12-2-4-16-41(28)40-32)27-13-15-36-33(39-27)38-26-11-5-7-22(17-26)29-20-34-21-43-29/h1-18,20-21H,19H2,(H,37,42)(H,36,38,39). The lowest BCUT2D eigenvalue weighted by atomic mass is 10.0. The average Bonchev–Trinajstić information content (AvgIpc) is 3.71. The van der Waals surface area contributed by atoms with Crippen LogP contribution in [0.5, 0.6) is 0 Å². The number of carbonyl (C=O) groups excluding carboxylic acids is 1. The molecule has 0 radical (unpaired) electrons. The molecule has 0 fully saturated rings. The Hall–Kier alpha value is -6.16. The lowest BCUT2D eigenvalue weighted by Gasteiger charge is -2.09. The van der Waals surface area contributed by atoms with Crippen LogP contribution < -0.4 is 10.6 Å². The highest BCUT2D eigenvalue weighted by atomic mass is 16.3. The fourth-order valence-corrected chi connectivity index (χ4v) is 4.87. The van der Waals surface area contributed by atoms with Crippen molar-refractivity contribution in [1.29, 1.82) is 0 Å². The summed E-state index contributed by atoms with van der Waals surface area (Å²) in [5, 5.41) is 11.2. The van der Waals surface area contributed by atoms with Crippen molar-refractivity contribution >= 4 is 28.7 Å². The number of benzene rings is 2. The summed E-state index contributed by atoms with van der Waals surface area (Å²) in [6.45, 7) is 0. The van der Waals surface area contributed by atoms with Gasteiger partial charge in [0.1, 0.15) is 5.69 Å². The topological polar surface area (TPSA) is 123 Å². The van der Waals surface area contributed by atoms with Gasteiger partial charge in [-0.25, -0.2) is 19.5 Å². The van der Waals surface area contributed by atoms with Crippen LogP contribution in [0.4, 0.5) is 17.3 Å². The summed E-state index contributed by atoms with van der Waals surface area (Å²) in [5.74, 6) is 0.957. The van der Waals surface area contributed by atoms with Crippen LogP contribution in [-0.2, 0) is 11.2 Å². The molecule has 208 valence electrons. The lowest BCUT2D eigenvalue weighted by molar-refractivity contribution is -0.115. The maximum Gasteiger partial charge on any atom is 0.230 e. The largest absolute Gasteiger partial charge is 0.444 e. The Morgan fingerprint density at radius 2 is 1.70 bits per heavy atom. The molecule has 2 N–H and O–H groups in total. The zero-order valence-corrected chi connectivity index (χ0v) is 22.8. The first-order valence-corrected chi connectivity index (χ1v) is 13.6. The Labute approximate surface area is 246 Å². The van der Waals surface area contributed by atoms with E-state index < -0.39 is 0 Å². The van der Waals surface area contributed by atoms with Gasteiger partial charge in [0.15, 0.2) is 12.2 Å². The van der Waals surface area contributed by atoms with Crippen molar-refractivity contribution in [3.8, 4) is 33.8 Å². The van der Waals surface area contributed by atoms with Crippen LogP contribution in [0.1, 0.15) is 5.69 Å². The number of carbonyl (C=O) groups is 1. The minimum atomic E-state index is -0.148. The minimum absolute atomic E-state index is 0.148. The smallest absolute Gasteiger partial charge is 0.230 e. The number of amides is 1. The van der Waals surface area contributed by atoms with Crippen LogP contribution in [0, 0.1) is 0 Å². The Balaban J connectivity index is 1.21. The van der Waals surface area contributed by atoms with Crippen LogP contribution in [-0.4, -0.2) is 35.5 Å². The summed E-state index contributed by atoms with van der Waals surface area (Å²) in [5.41, 5.74) is 7.05. The summed E-state index contributed by atoms with van der Waals surface area (Å²) < 4.78 is 7.27. The van der Waals surface area contributed by atoms with Crippen molar-refractivity contribution < 1.29 is 9.21 Å². The summed E-state index contributed by atoms with van der Waals surface area (Å²) >= 11 is 0. The van der Waals surface area contributed by atoms with Crippen molar-refractivity contribution in [3.05, 3.63) is 128 Å². The van der Waals surface area contributed by atoms with E-state index in [-0.39, 0.29) is 12.3 Å². The fraction of sp³-hybridized carbons (Fsp3) is 0.0303. The van der Waals surface area contributed by atoms with E-state index in [1.54, 1.807) is 18.6 Å². The number of hydrogen-bond donors (Lipinski definition) is 2. The van der Waals surface area contributed by atoms with Gasteiger partial charge in [-0.3, -0.25) is 9.78 Å². The second-order valence-corrected chi connectivity index (χ2v) is 9.72. The zero-order valence-electron chi connectivity index (χ0n) is 22.8. The van der Waals surface area contributed by atoms with Gasteiger partial charge in [0.05, 0.1) is 29.4 Å². The van der Waals surface area contributed by atoms with E-state index in [1.165, 1.54) is 6.39 Å². The van der Waals surface area contributed by atoms with Crippen molar-refractivity contribution in [2.45, 2.75) is 6.42 Å². The summed E-state index contributed by atoms with van der Waals surface area (Å²) in [7, 11) is 0. The molecular formula is C33H24N8O2.